The van der Waals surface area contributed by atoms with Crippen molar-refractivity contribution >= 4 is 14.4 Å². The predicted molar refractivity (Wildman–Crippen MR) is 153 cm³/mol. The topological polar surface area (TPSA) is 68.2 Å². The van der Waals surface area contributed by atoms with Crippen molar-refractivity contribution in [3.8, 4) is 0 Å². The lowest BCUT2D eigenvalue weighted by atomic mass is 10.0. The van der Waals surface area contributed by atoms with E-state index in [0.717, 1.165) is 26.0 Å². The summed E-state index contributed by atoms with van der Waals surface area (Å²) in [5.74, 6) is 0.0786. The van der Waals surface area contributed by atoms with Crippen LogP contribution in [0, 0.1) is 5.92 Å². The molecule has 0 aliphatic carbocycles. The Morgan fingerprint density at radius 3 is 1.69 bits per heavy atom. The van der Waals surface area contributed by atoms with Gasteiger partial charge in [0.1, 0.15) is 5.78 Å². The van der Waals surface area contributed by atoms with Gasteiger partial charge in [0.15, 0.2) is 0 Å². The lowest BCUT2D eigenvalue weighted by Gasteiger charge is -2.18. The first kappa shape index (κ1) is 35.9. The van der Waals surface area contributed by atoms with Crippen LogP contribution in [0.15, 0.2) is 0 Å². The van der Waals surface area contributed by atoms with Gasteiger partial charge in [-0.25, -0.2) is 0 Å². The van der Waals surface area contributed by atoms with Crippen LogP contribution in [0.3, 0.4) is 0 Å². The smallest absolute Gasteiger partial charge is 0.329 e. The van der Waals surface area contributed by atoms with E-state index in [9.17, 15) is 9.69 Å². The van der Waals surface area contributed by atoms with Gasteiger partial charge in [-0.2, -0.15) is 0 Å². The standard InChI is InChI=1S/C29H60NO5P/c1-5-6-7-8-9-10-11-12-13-14-15-16-17-18-19-20-23-33-26-29(25-28(2)31)27-35-36(32)34-24-21-22-30(3)4/h29,32H,5-27H2,1-4H3. The fourth-order valence-electron chi connectivity index (χ4n) is 4.30. The van der Waals surface area contributed by atoms with Crippen molar-refractivity contribution < 1.29 is 23.5 Å². The van der Waals surface area contributed by atoms with Crippen LogP contribution in [0.1, 0.15) is 129 Å². The minimum atomic E-state index is -1.90. The first-order chi connectivity index (χ1) is 17.5. The van der Waals surface area contributed by atoms with Crippen LogP contribution in [0.25, 0.3) is 0 Å². The summed E-state index contributed by atoms with van der Waals surface area (Å²) in [5, 5.41) is 0. The van der Waals surface area contributed by atoms with Crippen molar-refractivity contribution in [1.82, 2.24) is 4.90 Å². The zero-order valence-electron chi connectivity index (χ0n) is 24.3. The third-order valence-corrected chi connectivity index (χ3v) is 7.22. The van der Waals surface area contributed by atoms with Crippen LogP contribution in [0.4, 0.5) is 0 Å². The molecule has 0 heterocycles. The number of unbranched alkanes of at least 4 members (excludes halogenated alkanes) is 15. The Bertz CT molecular complexity index is 467. The summed E-state index contributed by atoms with van der Waals surface area (Å²) in [6.07, 6.45) is 23.0. The highest BCUT2D eigenvalue weighted by Crippen LogP contribution is 2.33. The molecular formula is C29H60NO5P. The van der Waals surface area contributed by atoms with Gasteiger partial charge in [0, 0.05) is 18.9 Å². The van der Waals surface area contributed by atoms with E-state index in [1.54, 1.807) is 6.92 Å². The molecule has 7 heteroatoms. The maximum absolute atomic E-state index is 11.6. The molecule has 0 bridgehead atoms. The molecule has 2 atom stereocenters. The first-order valence-electron chi connectivity index (χ1n) is 14.9. The summed E-state index contributed by atoms with van der Waals surface area (Å²) in [6.45, 7) is 6.74. The van der Waals surface area contributed by atoms with Gasteiger partial charge >= 0.3 is 8.60 Å². The van der Waals surface area contributed by atoms with E-state index >= 15 is 0 Å². The van der Waals surface area contributed by atoms with E-state index in [-0.39, 0.29) is 18.3 Å². The SMILES string of the molecule is CCCCCCCCCCCCCCCCCCOCC(COP(O)OCCCN(C)C)CC(C)=O. The summed E-state index contributed by atoms with van der Waals surface area (Å²) in [4.78, 5) is 23.5. The van der Waals surface area contributed by atoms with Crippen molar-refractivity contribution in [3.63, 3.8) is 0 Å². The zero-order chi connectivity index (χ0) is 26.7. The number of carbonyl (C=O) groups excluding carboxylic acids is 1. The molecule has 2 unspecified atom stereocenters. The summed E-state index contributed by atoms with van der Waals surface area (Å²) in [6, 6.07) is 0. The first-order valence-corrected chi connectivity index (χ1v) is 16.1. The van der Waals surface area contributed by atoms with Crippen LogP contribution in [0.5, 0.6) is 0 Å². The summed E-state index contributed by atoms with van der Waals surface area (Å²) in [5.41, 5.74) is 0. The van der Waals surface area contributed by atoms with Crippen molar-refractivity contribution in [2.75, 3.05) is 47.1 Å². The molecule has 0 aliphatic heterocycles. The molecule has 1 N–H and O–H groups in total. The average molecular weight is 534 g/mol. The third kappa shape index (κ3) is 28.5. The Morgan fingerprint density at radius 2 is 1.22 bits per heavy atom. The number of rotatable bonds is 29. The molecule has 0 aromatic carbocycles. The van der Waals surface area contributed by atoms with Gasteiger partial charge in [0.05, 0.1) is 19.8 Å². The highest BCUT2D eigenvalue weighted by atomic mass is 31.2. The van der Waals surface area contributed by atoms with Crippen molar-refractivity contribution in [3.05, 3.63) is 0 Å². The number of ketones is 1. The second-order valence-electron chi connectivity index (χ2n) is 10.7. The molecule has 0 aromatic rings. The molecule has 0 rings (SSSR count). The van der Waals surface area contributed by atoms with Crippen LogP contribution in [-0.4, -0.2) is 62.6 Å². The number of carbonyl (C=O) groups is 1. The normalized spacial score (nSPS) is 13.4. The molecule has 216 valence electrons. The van der Waals surface area contributed by atoms with Gasteiger partial charge in [0.25, 0.3) is 0 Å². The summed E-state index contributed by atoms with van der Waals surface area (Å²) in [7, 11) is 2.11. The number of nitrogens with zero attached hydrogens (tertiary/aromatic N) is 1. The van der Waals surface area contributed by atoms with Crippen LogP contribution in [-0.2, 0) is 18.6 Å². The molecule has 0 aliphatic rings. The minimum absolute atomic E-state index is 0.0360. The quantitative estimate of drug-likeness (QED) is 0.0774. The van der Waals surface area contributed by atoms with E-state index in [1.165, 1.54) is 96.3 Å². The monoisotopic (exact) mass is 533 g/mol. The zero-order valence-corrected chi connectivity index (χ0v) is 25.2. The highest BCUT2D eigenvalue weighted by molar-refractivity contribution is 7.40. The number of hydrogen-bond donors (Lipinski definition) is 1. The maximum Gasteiger partial charge on any atom is 0.329 e. The Hall–Kier alpha value is -0.100. The van der Waals surface area contributed by atoms with Crippen molar-refractivity contribution in [2.24, 2.45) is 5.92 Å². The Balaban J connectivity index is 3.55. The molecule has 0 saturated heterocycles. The average Bonchev–Trinajstić information content (AvgIpc) is 2.83. The van der Waals surface area contributed by atoms with Crippen LogP contribution >= 0.6 is 8.60 Å². The van der Waals surface area contributed by atoms with E-state index in [4.69, 9.17) is 13.8 Å². The molecule has 0 amide bonds. The van der Waals surface area contributed by atoms with Crippen LogP contribution < -0.4 is 0 Å². The van der Waals surface area contributed by atoms with E-state index in [1.807, 2.05) is 14.1 Å². The predicted octanol–water partition coefficient (Wildman–Crippen LogP) is 8.06. The second kappa shape index (κ2) is 27.9. The van der Waals surface area contributed by atoms with E-state index in [2.05, 4.69) is 11.8 Å². The molecule has 0 radical (unpaired) electrons. The number of ether oxygens (including phenoxy) is 1. The van der Waals surface area contributed by atoms with Gasteiger partial charge in [-0.05, 0) is 40.4 Å². The van der Waals surface area contributed by atoms with E-state index in [0.29, 0.717) is 19.6 Å². The van der Waals surface area contributed by atoms with Gasteiger partial charge in [-0.1, -0.05) is 103 Å². The van der Waals surface area contributed by atoms with Crippen LogP contribution in [0.2, 0.25) is 0 Å². The van der Waals surface area contributed by atoms with Gasteiger partial charge in [-0.3, -0.25) is 0 Å². The molecule has 0 aromatic heterocycles. The molecule has 0 spiro atoms. The molecule has 36 heavy (non-hydrogen) atoms. The Morgan fingerprint density at radius 1 is 0.722 bits per heavy atom. The highest BCUT2D eigenvalue weighted by Gasteiger charge is 2.16. The van der Waals surface area contributed by atoms with Gasteiger partial charge in [-0.15, -0.1) is 0 Å². The maximum atomic E-state index is 11.6. The lowest BCUT2D eigenvalue weighted by molar-refractivity contribution is -0.118. The fraction of sp³-hybridized carbons (Fsp3) is 0.966. The fourth-order valence-corrected chi connectivity index (χ4v) is 5.00. The second-order valence-corrected chi connectivity index (χ2v) is 11.7. The molecule has 6 nitrogen and oxygen atoms in total. The molecular weight excluding hydrogens is 473 g/mol. The third-order valence-electron chi connectivity index (χ3n) is 6.44. The van der Waals surface area contributed by atoms with Crippen molar-refractivity contribution in [1.29, 1.82) is 0 Å². The molecule has 0 saturated carbocycles. The largest absolute Gasteiger partial charge is 0.381 e. The summed E-state index contributed by atoms with van der Waals surface area (Å²) < 4.78 is 16.6. The minimum Gasteiger partial charge on any atom is -0.381 e. The summed E-state index contributed by atoms with van der Waals surface area (Å²) >= 11 is 0. The number of hydrogen-bond acceptors (Lipinski definition) is 6. The Labute approximate surface area is 225 Å². The van der Waals surface area contributed by atoms with Gasteiger partial charge < -0.3 is 28.4 Å². The lowest BCUT2D eigenvalue weighted by Crippen LogP contribution is -2.19. The van der Waals surface area contributed by atoms with E-state index < -0.39 is 8.60 Å². The van der Waals surface area contributed by atoms with Crippen molar-refractivity contribution in [2.45, 2.75) is 129 Å². The number of Topliss-reactive ketones (excluding diaryl/α,β-unsaturated/α-hetero) is 1. The molecule has 0 fully saturated rings. The van der Waals surface area contributed by atoms with Gasteiger partial charge in [0.2, 0.25) is 0 Å². The Kier molecular flexibility index (Phi) is 27.8.